The molecule has 0 aliphatic carbocycles. The molecular weight excluding hydrogens is 660 g/mol. The average Bonchev–Trinajstić information content (AvgIpc) is 3.04. The lowest BCUT2D eigenvalue weighted by molar-refractivity contribution is -0.122. The Hall–Kier alpha value is -4.17. The van der Waals surface area contributed by atoms with Gasteiger partial charge in [0.05, 0.1) is 9.79 Å². The van der Waals surface area contributed by atoms with Crippen LogP contribution in [0.3, 0.4) is 0 Å². The van der Waals surface area contributed by atoms with Gasteiger partial charge < -0.3 is 16.0 Å². The summed E-state index contributed by atoms with van der Waals surface area (Å²) in [4.78, 5) is 15.5. The Kier molecular flexibility index (Phi) is 11.5. The maximum Gasteiger partial charge on any atom is 0.261 e. The van der Waals surface area contributed by atoms with Gasteiger partial charge in [-0.15, -0.1) is 12.4 Å². The van der Waals surface area contributed by atoms with Gasteiger partial charge in [0.15, 0.2) is 5.96 Å². The maximum atomic E-state index is 13.6. The van der Waals surface area contributed by atoms with Crippen LogP contribution in [0.2, 0.25) is 0 Å². The summed E-state index contributed by atoms with van der Waals surface area (Å²) in [6.45, 7) is 3.39. The van der Waals surface area contributed by atoms with Crippen LogP contribution in [-0.4, -0.2) is 59.3 Å². The molecule has 1 aliphatic rings. The molecule has 1 amide bonds. The zero-order chi connectivity index (χ0) is 32.9. The number of amides is 1. The molecule has 4 aromatic carbocycles. The van der Waals surface area contributed by atoms with E-state index >= 15 is 0 Å². The summed E-state index contributed by atoms with van der Waals surface area (Å²) < 4.78 is 57.9. The van der Waals surface area contributed by atoms with Gasteiger partial charge in [0, 0.05) is 25.3 Å². The molecule has 1 heterocycles. The third-order valence-electron chi connectivity index (χ3n) is 8.05. The lowest BCUT2D eigenvalue weighted by atomic mass is 9.98. The topological polar surface area (TPSA) is 175 Å². The van der Waals surface area contributed by atoms with Crippen molar-refractivity contribution in [2.45, 2.75) is 42.0 Å². The van der Waals surface area contributed by atoms with E-state index in [-0.39, 0.29) is 40.5 Å². The number of piperidine rings is 1. The number of carbonyl (C=O) groups is 1. The predicted molar refractivity (Wildman–Crippen MR) is 187 cm³/mol. The third-order valence-corrected chi connectivity index (χ3v) is 10.9. The van der Waals surface area contributed by atoms with Gasteiger partial charge in [-0.05, 0) is 84.8 Å². The molecule has 47 heavy (non-hydrogen) atoms. The van der Waals surface area contributed by atoms with Crippen molar-refractivity contribution in [3.05, 3.63) is 102 Å². The first-order chi connectivity index (χ1) is 21.9. The normalized spacial score (nSPS) is 15.8. The molecular formula is C33H39ClN6O5S2. The number of halogens is 1. The molecule has 1 fully saturated rings. The van der Waals surface area contributed by atoms with Crippen LogP contribution >= 0.6 is 12.4 Å². The fourth-order valence-electron chi connectivity index (χ4n) is 5.47. The molecule has 14 heteroatoms. The Balaban J connectivity index is 0.00000500. The molecule has 6 N–H and O–H groups in total. The molecule has 4 aromatic rings. The van der Waals surface area contributed by atoms with Gasteiger partial charge in [0.1, 0.15) is 6.04 Å². The van der Waals surface area contributed by atoms with E-state index in [1.807, 2.05) is 31.2 Å². The number of rotatable bonds is 11. The summed E-state index contributed by atoms with van der Waals surface area (Å²) in [5, 5.41) is 12.3. The van der Waals surface area contributed by atoms with Gasteiger partial charge in [0.2, 0.25) is 15.9 Å². The van der Waals surface area contributed by atoms with Crippen LogP contribution in [0.5, 0.6) is 0 Å². The van der Waals surface area contributed by atoms with Gasteiger partial charge in [-0.2, -0.15) is 4.72 Å². The first-order valence-electron chi connectivity index (χ1n) is 15.0. The number of guanidine groups is 1. The molecule has 0 aromatic heterocycles. The van der Waals surface area contributed by atoms with E-state index in [0.717, 1.165) is 29.2 Å². The minimum absolute atomic E-state index is 0. The smallest absolute Gasteiger partial charge is 0.261 e. The number of sulfonamides is 2. The SMILES string of the molecule is Cc1ccc(S(=O)(=O)Nc2ccc(C[C@@H](NS(=O)(=O)c3ccc4ccccc4c3)C(=O)NC[C@H]3CCCN(C(=N)N)C3)cc2)cc1.Cl. The number of carbonyl (C=O) groups excluding carboxylic acids is 1. The van der Waals surface area contributed by atoms with Gasteiger partial charge in [-0.3, -0.25) is 14.9 Å². The van der Waals surface area contributed by atoms with Gasteiger partial charge in [0.25, 0.3) is 10.0 Å². The summed E-state index contributed by atoms with van der Waals surface area (Å²) >= 11 is 0. The Morgan fingerprint density at radius 3 is 2.26 bits per heavy atom. The largest absolute Gasteiger partial charge is 0.370 e. The first kappa shape index (κ1) is 35.7. The number of aryl methyl sites for hydroxylation is 1. The van der Waals surface area contributed by atoms with Gasteiger partial charge >= 0.3 is 0 Å². The second kappa shape index (κ2) is 15.2. The molecule has 1 aliphatic heterocycles. The van der Waals surface area contributed by atoms with E-state index in [1.165, 1.54) is 18.2 Å². The fraction of sp³-hybridized carbons (Fsp3) is 0.273. The van der Waals surface area contributed by atoms with Crippen LogP contribution in [0, 0.1) is 18.3 Å². The number of hydrogen-bond acceptors (Lipinski definition) is 6. The van der Waals surface area contributed by atoms with Crippen LogP contribution in [0.25, 0.3) is 10.8 Å². The van der Waals surface area contributed by atoms with Crippen molar-refractivity contribution >= 4 is 60.8 Å². The number of nitrogens with one attached hydrogen (secondary N) is 4. The lowest BCUT2D eigenvalue weighted by Gasteiger charge is -2.33. The van der Waals surface area contributed by atoms with Crippen LogP contribution < -0.4 is 20.5 Å². The molecule has 250 valence electrons. The molecule has 2 atom stereocenters. The summed E-state index contributed by atoms with van der Waals surface area (Å²) in [5.41, 5.74) is 7.56. The molecule has 0 bridgehead atoms. The van der Waals surface area contributed by atoms with Crippen molar-refractivity contribution in [1.29, 1.82) is 5.41 Å². The quantitative estimate of drug-likeness (QED) is 0.116. The number of benzene rings is 4. The van der Waals surface area contributed by atoms with E-state index in [9.17, 15) is 21.6 Å². The van der Waals surface area contributed by atoms with Crippen molar-refractivity contribution in [1.82, 2.24) is 14.9 Å². The van der Waals surface area contributed by atoms with E-state index < -0.39 is 32.0 Å². The second-order valence-corrected chi connectivity index (χ2v) is 15.0. The van der Waals surface area contributed by atoms with Crippen molar-refractivity contribution < 1.29 is 21.6 Å². The summed E-state index contributed by atoms with van der Waals surface area (Å²) in [6, 6.07) is 24.0. The van der Waals surface area contributed by atoms with Crippen molar-refractivity contribution in [2.75, 3.05) is 24.4 Å². The van der Waals surface area contributed by atoms with Crippen molar-refractivity contribution in [3.8, 4) is 0 Å². The fourth-order valence-corrected chi connectivity index (χ4v) is 7.76. The lowest BCUT2D eigenvalue weighted by Crippen LogP contribution is -2.51. The van der Waals surface area contributed by atoms with Crippen LogP contribution in [0.1, 0.15) is 24.0 Å². The van der Waals surface area contributed by atoms with Crippen LogP contribution in [0.4, 0.5) is 5.69 Å². The summed E-state index contributed by atoms with van der Waals surface area (Å²) in [7, 11) is -7.91. The number of nitrogens with zero attached hydrogens (tertiary/aromatic N) is 1. The highest BCUT2D eigenvalue weighted by molar-refractivity contribution is 7.92. The number of fused-ring (bicyclic) bond motifs is 1. The molecule has 0 unspecified atom stereocenters. The highest BCUT2D eigenvalue weighted by Crippen LogP contribution is 2.21. The zero-order valence-electron chi connectivity index (χ0n) is 25.8. The average molecular weight is 699 g/mol. The predicted octanol–water partition coefficient (Wildman–Crippen LogP) is 3.98. The van der Waals surface area contributed by atoms with E-state index in [0.29, 0.717) is 30.9 Å². The van der Waals surface area contributed by atoms with E-state index in [4.69, 9.17) is 11.1 Å². The molecule has 5 rings (SSSR count). The Morgan fingerprint density at radius 1 is 0.915 bits per heavy atom. The third kappa shape index (κ3) is 9.22. The maximum absolute atomic E-state index is 13.6. The van der Waals surface area contributed by atoms with E-state index in [2.05, 4.69) is 14.8 Å². The van der Waals surface area contributed by atoms with E-state index in [1.54, 1.807) is 53.4 Å². The minimum atomic E-state index is -4.10. The zero-order valence-corrected chi connectivity index (χ0v) is 28.3. The van der Waals surface area contributed by atoms with Crippen LogP contribution in [-0.2, 0) is 31.3 Å². The molecule has 11 nitrogen and oxygen atoms in total. The number of anilines is 1. The minimum Gasteiger partial charge on any atom is -0.370 e. The first-order valence-corrected chi connectivity index (χ1v) is 17.9. The molecule has 0 spiro atoms. The van der Waals surface area contributed by atoms with Crippen molar-refractivity contribution in [3.63, 3.8) is 0 Å². The monoisotopic (exact) mass is 698 g/mol. The number of hydrogen-bond donors (Lipinski definition) is 5. The summed E-state index contributed by atoms with van der Waals surface area (Å²) in [6.07, 6.45) is 1.70. The van der Waals surface area contributed by atoms with Gasteiger partial charge in [-0.25, -0.2) is 16.8 Å². The van der Waals surface area contributed by atoms with Gasteiger partial charge in [-0.1, -0.05) is 60.2 Å². The Labute approximate surface area is 282 Å². The molecule has 1 saturated heterocycles. The highest BCUT2D eigenvalue weighted by Gasteiger charge is 2.28. The molecule has 0 saturated carbocycles. The number of nitrogens with two attached hydrogens (primary N) is 1. The Bertz CT molecular complexity index is 1940. The van der Waals surface area contributed by atoms with Crippen LogP contribution in [0.15, 0.2) is 101 Å². The highest BCUT2D eigenvalue weighted by atomic mass is 35.5. The van der Waals surface area contributed by atoms with Crippen molar-refractivity contribution in [2.24, 2.45) is 11.7 Å². The Morgan fingerprint density at radius 2 is 1.57 bits per heavy atom. The standard InChI is InChI=1S/C33H38N6O5S2.ClH/c1-23-8-15-29(16-9-23)45(41,42)37-28-13-10-24(11-14-28)19-31(32(40)36-21-25-5-4-18-39(22-25)33(34)35)38-46(43,44)30-17-12-26-6-2-3-7-27(26)20-30;/h2-3,6-17,20,25,31,37-38H,4-5,18-19,21-22H2,1H3,(H3,34,35)(H,36,40);1H/t25-,31-;/m1./s1. The molecule has 0 radical (unpaired) electrons. The summed E-state index contributed by atoms with van der Waals surface area (Å²) in [5.74, 6) is -0.449. The number of likely N-dealkylation sites (tertiary alicyclic amines) is 1. The second-order valence-electron chi connectivity index (χ2n) is 11.6.